The van der Waals surface area contributed by atoms with Crippen LogP contribution < -0.4 is 0 Å². The first-order valence-corrected chi connectivity index (χ1v) is 8.31. The summed E-state index contributed by atoms with van der Waals surface area (Å²) in [5.41, 5.74) is 2.05. The molecule has 1 heterocycles. The number of hydrogen-bond donors (Lipinski definition) is 0. The zero-order chi connectivity index (χ0) is 18.7. The first-order valence-electron chi connectivity index (χ1n) is 7.93. The molecule has 1 aromatic heterocycles. The number of esters is 1. The average molecular weight is 377 g/mol. The molecular weight excluding hydrogens is 362 g/mol. The molecule has 0 atom stereocenters. The van der Waals surface area contributed by atoms with E-state index in [-0.39, 0.29) is 29.8 Å². The van der Waals surface area contributed by atoms with E-state index in [4.69, 9.17) is 16.3 Å². The van der Waals surface area contributed by atoms with Crippen molar-refractivity contribution in [3.63, 3.8) is 0 Å². The van der Waals surface area contributed by atoms with Gasteiger partial charge in [0.15, 0.2) is 0 Å². The number of rotatable bonds is 5. The van der Waals surface area contributed by atoms with Crippen LogP contribution in [0, 0.1) is 11.6 Å². The fraction of sp³-hybridized carbons (Fsp3) is 0.158. The summed E-state index contributed by atoms with van der Waals surface area (Å²) in [7, 11) is 0. The molecule has 0 spiro atoms. The summed E-state index contributed by atoms with van der Waals surface area (Å²) in [4.78, 5) is 11.9. The Balaban J connectivity index is 2.11. The maximum atomic E-state index is 13.3. The number of ether oxygens (including phenoxy) is 1. The number of carbonyl (C=O) groups is 1. The fourth-order valence-corrected chi connectivity index (χ4v) is 2.91. The zero-order valence-corrected chi connectivity index (χ0v) is 14.6. The highest BCUT2D eigenvalue weighted by Gasteiger charge is 2.21. The minimum Gasteiger partial charge on any atom is -0.465 e. The minimum atomic E-state index is -0.472. The van der Waals surface area contributed by atoms with Gasteiger partial charge in [0.2, 0.25) is 0 Å². The highest BCUT2D eigenvalue weighted by atomic mass is 35.5. The second-order valence-corrected chi connectivity index (χ2v) is 5.87. The van der Waals surface area contributed by atoms with E-state index in [9.17, 15) is 13.6 Å². The third-order valence-electron chi connectivity index (χ3n) is 3.71. The lowest BCUT2D eigenvalue weighted by Gasteiger charge is -2.07. The maximum absolute atomic E-state index is 13.3. The van der Waals surface area contributed by atoms with Gasteiger partial charge >= 0.3 is 5.97 Å². The molecule has 26 heavy (non-hydrogen) atoms. The normalized spacial score (nSPS) is 10.8. The number of benzene rings is 2. The zero-order valence-electron chi connectivity index (χ0n) is 13.9. The topological polar surface area (TPSA) is 44.1 Å². The van der Waals surface area contributed by atoms with E-state index in [1.54, 1.807) is 31.2 Å². The molecule has 4 nitrogen and oxygen atoms in total. The van der Waals surface area contributed by atoms with Gasteiger partial charge in [-0.1, -0.05) is 11.6 Å². The molecule has 0 saturated heterocycles. The molecule has 3 rings (SSSR count). The van der Waals surface area contributed by atoms with Crippen LogP contribution in [-0.2, 0) is 16.1 Å². The summed E-state index contributed by atoms with van der Waals surface area (Å²) in [5.74, 6) is -1.24. The third kappa shape index (κ3) is 3.75. The van der Waals surface area contributed by atoms with Gasteiger partial charge in [0.25, 0.3) is 0 Å². The molecule has 0 amide bonds. The third-order valence-corrected chi connectivity index (χ3v) is 4.07. The van der Waals surface area contributed by atoms with Gasteiger partial charge in [-0.15, -0.1) is 0 Å². The molecule has 7 heteroatoms. The van der Waals surface area contributed by atoms with E-state index >= 15 is 0 Å². The summed E-state index contributed by atoms with van der Waals surface area (Å²) in [6.45, 7) is 1.80. The van der Waals surface area contributed by atoms with Crippen LogP contribution in [0.25, 0.3) is 22.5 Å². The highest BCUT2D eigenvalue weighted by molar-refractivity contribution is 6.35. The Kier molecular flexibility index (Phi) is 5.32. The van der Waals surface area contributed by atoms with Crippen molar-refractivity contribution in [1.29, 1.82) is 0 Å². The van der Waals surface area contributed by atoms with Crippen LogP contribution in [0.2, 0.25) is 5.02 Å². The smallest absolute Gasteiger partial charge is 0.327 e. The molecule has 0 N–H and O–H groups in total. The van der Waals surface area contributed by atoms with Crippen LogP contribution in [0.5, 0.6) is 0 Å². The molecular formula is C19H15ClF2N2O2. The lowest BCUT2D eigenvalue weighted by Crippen LogP contribution is -2.15. The van der Waals surface area contributed by atoms with Gasteiger partial charge in [0.05, 0.1) is 17.3 Å². The van der Waals surface area contributed by atoms with Crippen molar-refractivity contribution in [3.05, 3.63) is 65.2 Å². The van der Waals surface area contributed by atoms with E-state index in [1.165, 1.54) is 28.9 Å². The summed E-state index contributed by atoms with van der Waals surface area (Å²) in [6.07, 6.45) is 0. The number of hydrogen-bond acceptors (Lipinski definition) is 3. The number of carbonyl (C=O) groups excluding carboxylic acids is 1. The summed E-state index contributed by atoms with van der Waals surface area (Å²) in [6, 6.07) is 11.4. The lowest BCUT2D eigenvalue weighted by molar-refractivity contribution is -0.144. The van der Waals surface area contributed by atoms with Crippen LogP contribution in [0.4, 0.5) is 8.78 Å². The quantitative estimate of drug-likeness (QED) is 0.606. The monoisotopic (exact) mass is 376 g/mol. The van der Waals surface area contributed by atoms with Gasteiger partial charge in [-0.25, -0.2) is 8.78 Å². The van der Waals surface area contributed by atoms with Crippen molar-refractivity contribution in [2.24, 2.45) is 0 Å². The van der Waals surface area contributed by atoms with Crippen molar-refractivity contribution < 1.29 is 18.3 Å². The summed E-state index contributed by atoms with van der Waals surface area (Å²) >= 11 is 6.52. The van der Waals surface area contributed by atoms with Crippen molar-refractivity contribution in [2.75, 3.05) is 6.61 Å². The first kappa shape index (κ1) is 18.1. The van der Waals surface area contributed by atoms with Crippen LogP contribution >= 0.6 is 11.6 Å². The molecule has 0 unspecified atom stereocenters. The molecule has 2 aromatic carbocycles. The van der Waals surface area contributed by atoms with Gasteiger partial charge in [0, 0.05) is 11.1 Å². The molecule has 134 valence electrons. The van der Waals surface area contributed by atoms with Gasteiger partial charge in [-0.2, -0.15) is 5.10 Å². The van der Waals surface area contributed by atoms with Crippen molar-refractivity contribution >= 4 is 17.6 Å². The van der Waals surface area contributed by atoms with Crippen molar-refractivity contribution in [3.8, 4) is 22.5 Å². The standard InChI is InChI=1S/C19H15ClF2N2O2/c1-2-26-16(25)11-24-19(13-5-9-15(22)10-6-13)17(20)18(23-24)12-3-7-14(21)8-4-12/h3-10H,2,11H2,1H3. The summed E-state index contributed by atoms with van der Waals surface area (Å²) < 4.78 is 32.8. The van der Waals surface area contributed by atoms with Gasteiger partial charge in [0.1, 0.15) is 23.9 Å². The number of aromatic nitrogens is 2. The summed E-state index contributed by atoms with van der Waals surface area (Å²) in [5, 5.41) is 4.68. The Morgan fingerprint density at radius 1 is 1.04 bits per heavy atom. The fourth-order valence-electron chi connectivity index (χ4n) is 2.56. The average Bonchev–Trinajstić information content (AvgIpc) is 2.93. The maximum Gasteiger partial charge on any atom is 0.327 e. The molecule has 0 radical (unpaired) electrons. The molecule has 0 saturated carbocycles. The predicted molar refractivity (Wildman–Crippen MR) is 94.7 cm³/mol. The highest BCUT2D eigenvalue weighted by Crippen LogP contribution is 2.36. The SMILES string of the molecule is CCOC(=O)Cn1nc(-c2ccc(F)cc2)c(Cl)c1-c1ccc(F)cc1. The van der Waals surface area contributed by atoms with Crippen LogP contribution in [-0.4, -0.2) is 22.4 Å². The Morgan fingerprint density at radius 3 is 2.12 bits per heavy atom. The molecule has 0 aliphatic heterocycles. The van der Waals surface area contributed by atoms with Crippen molar-refractivity contribution in [2.45, 2.75) is 13.5 Å². The largest absolute Gasteiger partial charge is 0.465 e. The number of halogens is 3. The van der Waals surface area contributed by atoms with E-state index in [0.29, 0.717) is 22.5 Å². The molecule has 0 aliphatic rings. The second-order valence-electron chi connectivity index (χ2n) is 5.49. The molecule has 3 aromatic rings. The van der Waals surface area contributed by atoms with E-state index in [0.717, 1.165) is 0 Å². The first-order chi connectivity index (χ1) is 12.5. The Bertz CT molecular complexity index is 922. The van der Waals surface area contributed by atoms with E-state index in [1.807, 2.05) is 0 Å². The van der Waals surface area contributed by atoms with Crippen molar-refractivity contribution in [1.82, 2.24) is 9.78 Å². The minimum absolute atomic E-state index is 0.151. The Hall–Kier alpha value is -2.73. The second kappa shape index (κ2) is 7.66. The molecule has 0 fully saturated rings. The van der Waals surface area contributed by atoms with E-state index < -0.39 is 5.97 Å². The van der Waals surface area contributed by atoms with Crippen LogP contribution in [0.1, 0.15) is 6.92 Å². The van der Waals surface area contributed by atoms with Gasteiger partial charge in [-0.3, -0.25) is 9.48 Å². The Labute approximate surface area is 154 Å². The van der Waals surface area contributed by atoms with Crippen LogP contribution in [0.3, 0.4) is 0 Å². The number of nitrogens with zero attached hydrogens (tertiary/aromatic N) is 2. The lowest BCUT2D eigenvalue weighted by atomic mass is 10.1. The van der Waals surface area contributed by atoms with Gasteiger partial charge < -0.3 is 4.74 Å². The predicted octanol–water partition coefficient (Wildman–Crippen LogP) is 4.71. The molecule has 0 aliphatic carbocycles. The Morgan fingerprint density at radius 2 is 1.58 bits per heavy atom. The molecule has 0 bridgehead atoms. The van der Waals surface area contributed by atoms with Gasteiger partial charge in [-0.05, 0) is 55.5 Å². The van der Waals surface area contributed by atoms with Crippen LogP contribution in [0.15, 0.2) is 48.5 Å². The van der Waals surface area contributed by atoms with E-state index in [2.05, 4.69) is 5.10 Å².